The van der Waals surface area contributed by atoms with Crippen LogP contribution >= 0.6 is 11.3 Å². The van der Waals surface area contributed by atoms with E-state index in [1.807, 2.05) is 11.4 Å². The number of unbranched alkanes of at least 4 members (excludes halogenated alkanes) is 1. The van der Waals surface area contributed by atoms with Crippen LogP contribution in [0, 0.1) is 0 Å². The molecule has 0 spiro atoms. The second-order valence-corrected chi connectivity index (χ2v) is 4.77. The summed E-state index contributed by atoms with van der Waals surface area (Å²) in [5.41, 5.74) is 0.854. The van der Waals surface area contributed by atoms with E-state index in [1.54, 1.807) is 0 Å². The van der Waals surface area contributed by atoms with Gasteiger partial charge in [-0.1, -0.05) is 0 Å². The maximum Gasteiger partial charge on any atom is 0.389 e. The molecule has 0 unspecified atom stereocenters. The molecule has 0 aliphatic carbocycles. The molecule has 18 heavy (non-hydrogen) atoms. The first-order valence-corrected chi connectivity index (χ1v) is 6.43. The second kappa shape index (κ2) is 5.51. The first kappa shape index (κ1) is 13.1. The van der Waals surface area contributed by atoms with Crippen LogP contribution in [0.2, 0.25) is 0 Å². The van der Waals surface area contributed by atoms with Gasteiger partial charge in [-0.25, -0.2) is 9.97 Å². The van der Waals surface area contributed by atoms with E-state index in [2.05, 4.69) is 15.3 Å². The van der Waals surface area contributed by atoms with Crippen LogP contribution in [0.25, 0.3) is 10.2 Å². The minimum Gasteiger partial charge on any atom is -0.369 e. The Labute approximate surface area is 106 Å². The summed E-state index contributed by atoms with van der Waals surface area (Å²) in [5.74, 6) is 0.696. The molecule has 0 saturated heterocycles. The predicted octanol–water partition coefficient (Wildman–Crippen LogP) is 3.84. The number of nitrogens with one attached hydrogen (secondary N) is 1. The Morgan fingerprint density at radius 3 is 2.83 bits per heavy atom. The maximum absolute atomic E-state index is 11.9. The molecular weight excluding hydrogens is 263 g/mol. The first-order valence-electron chi connectivity index (χ1n) is 5.55. The summed E-state index contributed by atoms with van der Waals surface area (Å²) in [5, 5.41) is 4.96. The topological polar surface area (TPSA) is 37.8 Å². The van der Waals surface area contributed by atoms with E-state index in [9.17, 15) is 13.2 Å². The predicted molar refractivity (Wildman–Crippen MR) is 65.8 cm³/mol. The molecule has 7 heteroatoms. The fourth-order valence-electron chi connectivity index (χ4n) is 1.57. The highest BCUT2D eigenvalue weighted by molar-refractivity contribution is 7.17. The highest BCUT2D eigenvalue weighted by Gasteiger charge is 2.25. The maximum atomic E-state index is 11.9. The summed E-state index contributed by atoms with van der Waals surface area (Å²) in [6, 6.07) is 1.89. The number of aromatic nitrogens is 2. The summed E-state index contributed by atoms with van der Waals surface area (Å²) in [4.78, 5) is 8.18. The number of alkyl halides is 3. The summed E-state index contributed by atoms with van der Waals surface area (Å²) >= 11 is 1.51. The molecule has 0 fully saturated rings. The zero-order valence-electron chi connectivity index (χ0n) is 9.50. The Morgan fingerprint density at radius 2 is 2.06 bits per heavy atom. The average molecular weight is 275 g/mol. The number of hydrogen-bond acceptors (Lipinski definition) is 4. The van der Waals surface area contributed by atoms with Gasteiger partial charge in [0, 0.05) is 13.0 Å². The molecule has 0 radical (unpaired) electrons. The number of anilines is 1. The largest absolute Gasteiger partial charge is 0.389 e. The van der Waals surface area contributed by atoms with Gasteiger partial charge in [-0.15, -0.1) is 11.3 Å². The van der Waals surface area contributed by atoms with Crippen molar-refractivity contribution in [1.82, 2.24) is 9.97 Å². The van der Waals surface area contributed by atoms with Gasteiger partial charge in [0.25, 0.3) is 0 Å². The van der Waals surface area contributed by atoms with Crippen LogP contribution in [0.5, 0.6) is 0 Å². The summed E-state index contributed by atoms with van der Waals surface area (Å²) < 4.78 is 36.7. The Hall–Kier alpha value is -1.37. The second-order valence-electron chi connectivity index (χ2n) is 3.86. The summed E-state index contributed by atoms with van der Waals surface area (Å²) in [6.45, 7) is 0.486. The first-order chi connectivity index (χ1) is 8.56. The zero-order valence-corrected chi connectivity index (χ0v) is 10.3. The van der Waals surface area contributed by atoms with E-state index in [1.165, 1.54) is 17.7 Å². The van der Waals surface area contributed by atoms with Gasteiger partial charge >= 0.3 is 6.18 Å². The van der Waals surface area contributed by atoms with E-state index in [0.717, 1.165) is 10.2 Å². The highest BCUT2D eigenvalue weighted by atomic mass is 32.1. The number of fused-ring (bicyclic) bond motifs is 1. The van der Waals surface area contributed by atoms with Gasteiger partial charge in [-0.3, -0.25) is 0 Å². The molecule has 2 aromatic rings. The van der Waals surface area contributed by atoms with Crippen molar-refractivity contribution in [2.24, 2.45) is 0 Å². The van der Waals surface area contributed by atoms with Crippen LogP contribution in [-0.4, -0.2) is 22.7 Å². The fraction of sp³-hybridized carbons (Fsp3) is 0.455. The Balaban J connectivity index is 1.82. The van der Waals surface area contributed by atoms with Crippen molar-refractivity contribution >= 4 is 27.4 Å². The molecule has 0 aromatic carbocycles. The molecule has 0 amide bonds. The van der Waals surface area contributed by atoms with E-state index < -0.39 is 12.6 Å². The number of hydrogen-bond donors (Lipinski definition) is 1. The van der Waals surface area contributed by atoms with Crippen LogP contribution in [0.15, 0.2) is 17.8 Å². The van der Waals surface area contributed by atoms with Crippen molar-refractivity contribution in [3.8, 4) is 0 Å². The number of rotatable bonds is 5. The molecule has 2 rings (SSSR count). The fourth-order valence-corrected chi connectivity index (χ4v) is 2.38. The van der Waals surface area contributed by atoms with Crippen molar-refractivity contribution in [2.75, 3.05) is 11.9 Å². The lowest BCUT2D eigenvalue weighted by Gasteiger charge is -2.07. The Morgan fingerprint density at radius 1 is 1.22 bits per heavy atom. The highest BCUT2D eigenvalue weighted by Crippen LogP contribution is 2.25. The van der Waals surface area contributed by atoms with Gasteiger partial charge in [0.15, 0.2) is 0 Å². The Kier molecular flexibility index (Phi) is 4.00. The number of thiophene rings is 1. The van der Waals surface area contributed by atoms with Crippen molar-refractivity contribution < 1.29 is 13.2 Å². The van der Waals surface area contributed by atoms with Gasteiger partial charge in [-0.05, 0) is 24.3 Å². The molecule has 0 atom stereocenters. The van der Waals surface area contributed by atoms with Crippen molar-refractivity contribution in [1.29, 1.82) is 0 Å². The third-order valence-corrected chi connectivity index (χ3v) is 3.33. The molecular formula is C11H12F3N3S. The van der Waals surface area contributed by atoms with Crippen LogP contribution < -0.4 is 5.32 Å². The van der Waals surface area contributed by atoms with Gasteiger partial charge in [0.1, 0.15) is 12.1 Å². The minimum absolute atomic E-state index is 0.134. The van der Waals surface area contributed by atoms with Gasteiger partial charge < -0.3 is 5.32 Å². The summed E-state index contributed by atoms with van der Waals surface area (Å²) in [7, 11) is 0. The van der Waals surface area contributed by atoms with Gasteiger partial charge in [0.2, 0.25) is 0 Å². The SMILES string of the molecule is FC(F)(F)CCCCNc1ncnc2ccsc12. The lowest BCUT2D eigenvalue weighted by Crippen LogP contribution is -2.09. The van der Waals surface area contributed by atoms with Crippen molar-refractivity contribution in [2.45, 2.75) is 25.4 Å². The quantitative estimate of drug-likeness (QED) is 0.842. The molecule has 3 nitrogen and oxygen atoms in total. The molecule has 0 bridgehead atoms. The smallest absolute Gasteiger partial charge is 0.369 e. The van der Waals surface area contributed by atoms with Crippen LogP contribution in [0.4, 0.5) is 19.0 Å². The third kappa shape index (κ3) is 3.56. The van der Waals surface area contributed by atoms with E-state index in [4.69, 9.17) is 0 Å². The van der Waals surface area contributed by atoms with Crippen LogP contribution in [0.1, 0.15) is 19.3 Å². The lowest BCUT2D eigenvalue weighted by molar-refractivity contribution is -0.135. The standard InChI is InChI=1S/C11H12F3N3S/c12-11(13,14)4-1-2-5-15-10-9-8(3-6-18-9)16-7-17-10/h3,6-7H,1-2,4-5H2,(H,15,16,17). The molecule has 0 saturated carbocycles. The third-order valence-electron chi connectivity index (χ3n) is 2.42. The molecule has 98 valence electrons. The van der Waals surface area contributed by atoms with Crippen LogP contribution in [-0.2, 0) is 0 Å². The molecule has 0 aliphatic rings. The van der Waals surface area contributed by atoms with E-state index >= 15 is 0 Å². The molecule has 0 aliphatic heterocycles. The molecule has 2 aromatic heterocycles. The van der Waals surface area contributed by atoms with E-state index in [0.29, 0.717) is 18.8 Å². The van der Waals surface area contributed by atoms with E-state index in [-0.39, 0.29) is 6.42 Å². The average Bonchev–Trinajstić information content (AvgIpc) is 2.75. The van der Waals surface area contributed by atoms with Crippen LogP contribution in [0.3, 0.4) is 0 Å². The van der Waals surface area contributed by atoms with Crippen molar-refractivity contribution in [3.05, 3.63) is 17.8 Å². The molecule has 2 heterocycles. The number of halogens is 3. The Bertz CT molecular complexity index is 509. The zero-order chi connectivity index (χ0) is 13.0. The minimum atomic E-state index is -4.06. The monoisotopic (exact) mass is 275 g/mol. The summed E-state index contributed by atoms with van der Waals surface area (Å²) in [6.07, 6.45) is -2.73. The lowest BCUT2D eigenvalue weighted by atomic mass is 10.2. The number of nitrogens with zero attached hydrogens (tertiary/aromatic N) is 2. The van der Waals surface area contributed by atoms with Gasteiger partial charge in [-0.2, -0.15) is 13.2 Å². The van der Waals surface area contributed by atoms with Crippen molar-refractivity contribution in [3.63, 3.8) is 0 Å². The normalized spacial score (nSPS) is 11.9. The molecule has 1 N–H and O–H groups in total. The van der Waals surface area contributed by atoms with Gasteiger partial charge in [0.05, 0.1) is 10.2 Å².